The number of ketones is 2. The van der Waals surface area contributed by atoms with Crippen molar-refractivity contribution in [3.63, 3.8) is 0 Å². The van der Waals surface area contributed by atoms with E-state index in [1.807, 2.05) is 0 Å². The third kappa shape index (κ3) is 4.26. The fourth-order valence-corrected chi connectivity index (χ4v) is 2.28. The Morgan fingerprint density at radius 3 is 2.12 bits per heavy atom. The van der Waals surface area contributed by atoms with E-state index in [4.69, 9.17) is 5.11 Å². The van der Waals surface area contributed by atoms with Crippen LogP contribution < -0.4 is 0 Å². The van der Waals surface area contributed by atoms with Gasteiger partial charge in [0.2, 0.25) is 11.5 Å². The Bertz CT molecular complexity index is 574. The highest BCUT2D eigenvalue weighted by Crippen LogP contribution is 2.39. The van der Waals surface area contributed by atoms with Crippen LogP contribution in [0, 0.1) is 11.8 Å². The summed E-state index contributed by atoms with van der Waals surface area (Å²) >= 11 is 0. The molecule has 1 aliphatic rings. The summed E-state index contributed by atoms with van der Waals surface area (Å²) in [4.78, 5) is 34.8. The molecule has 0 aromatic heterocycles. The molecule has 24 heavy (non-hydrogen) atoms. The molecule has 0 bridgehead atoms. The number of alkyl halides is 6. The predicted octanol–water partition coefficient (Wildman–Crippen LogP) is 2.65. The number of allylic oxidation sites excluding steroid dienone is 2. The number of hydrogen-bond donors (Lipinski definition) is 1. The molecule has 0 saturated heterocycles. The van der Waals surface area contributed by atoms with Crippen LogP contribution in [0.25, 0.3) is 0 Å². The van der Waals surface area contributed by atoms with E-state index in [-0.39, 0.29) is 6.61 Å². The van der Waals surface area contributed by atoms with Gasteiger partial charge in [-0.1, -0.05) is 0 Å². The van der Waals surface area contributed by atoms with Crippen LogP contribution in [-0.2, 0) is 19.1 Å². The Balaban J connectivity index is 3.34. The zero-order chi connectivity index (χ0) is 18.9. The van der Waals surface area contributed by atoms with Crippen molar-refractivity contribution in [3.05, 3.63) is 11.3 Å². The Labute approximate surface area is 131 Å². The lowest BCUT2D eigenvalue weighted by molar-refractivity contribution is -0.178. The van der Waals surface area contributed by atoms with Crippen molar-refractivity contribution in [2.75, 3.05) is 6.61 Å². The van der Waals surface area contributed by atoms with Crippen molar-refractivity contribution in [1.29, 1.82) is 0 Å². The first-order valence-corrected chi connectivity index (χ1v) is 6.61. The zero-order valence-electron chi connectivity index (χ0n) is 12.1. The van der Waals surface area contributed by atoms with Crippen LogP contribution in [0.1, 0.15) is 19.8 Å². The molecule has 5 nitrogen and oxygen atoms in total. The van der Waals surface area contributed by atoms with Crippen LogP contribution in [0.3, 0.4) is 0 Å². The number of rotatable bonds is 3. The first-order chi connectivity index (χ1) is 10.8. The van der Waals surface area contributed by atoms with E-state index in [0.29, 0.717) is 0 Å². The number of halogens is 6. The summed E-state index contributed by atoms with van der Waals surface area (Å²) in [6.07, 6.45) is -12.8. The summed E-state index contributed by atoms with van der Waals surface area (Å²) in [5, 5.41) is 9.10. The third-order valence-electron chi connectivity index (χ3n) is 3.35. The number of esters is 1. The Morgan fingerprint density at radius 2 is 1.71 bits per heavy atom. The minimum Gasteiger partial charge on any atom is -0.504 e. The summed E-state index contributed by atoms with van der Waals surface area (Å²) in [5.41, 5.74) is -1.44. The summed E-state index contributed by atoms with van der Waals surface area (Å²) in [6.45, 7) is 1.15. The number of aliphatic hydroxyl groups is 1. The molecule has 136 valence electrons. The van der Waals surface area contributed by atoms with Gasteiger partial charge in [0.25, 0.3) is 0 Å². The SMILES string of the molecule is CCOC(=O)C1CC(=C(O)C(F)(F)F)C(=O)C(C(=O)C(F)(F)F)C1. The second-order valence-corrected chi connectivity index (χ2v) is 4.99. The molecule has 0 heterocycles. The Morgan fingerprint density at radius 1 is 1.17 bits per heavy atom. The molecule has 1 aliphatic carbocycles. The van der Waals surface area contributed by atoms with Crippen LogP contribution in [0.5, 0.6) is 0 Å². The van der Waals surface area contributed by atoms with Gasteiger partial charge in [-0.15, -0.1) is 0 Å². The molecular weight excluding hydrogens is 350 g/mol. The molecule has 2 atom stereocenters. The van der Waals surface area contributed by atoms with Crippen LogP contribution in [0.15, 0.2) is 11.3 Å². The first-order valence-electron chi connectivity index (χ1n) is 6.61. The number of carbonyl (C=O) groups is 3. The molecule has 2 unspecified atom stereocenters. The fourth-order valence-electron chi connectivity index (χ4n) is 2.28. The van der Waals surface area contributed by atoms with Gasteiger partial charge in [-0.2, -0.15) is 26.3 Å². The zero-order valence-corrected chi connectivity index (χ0v) is 12.1. The first kappa shape index (κ1) is 20.0. The quantitative estimate of drug-likeness (QED) is 0.275. The molecule has 11 heteroatoms. The normalized spacial score (nSPS) is 24.5. The standard InChI is InChI=1S/C13H12F6O5/c1-2-24-11(23)5-3-6(9(21)12(14,15)16)8(20)7(4-5)10(22)13(17,18)19/h5-6,22H,2-4H2,1H3. The molecule has 0 amide bonds. The maximum atomic E-state index is 12.6. The van der Waals surface area contributed by atoms with E-state index in [1.54, 1.807) is 0 Å². The summed E-state index contributed by atoms with van der Waals surface area (Å²) in [7, 11) is 0. The molecule has 1 fully saturated rings. The van der Waals surface area contributed by atoms with Gasteiger partial charge in [0.1, 0.15) is 0 Å². The van der Waals surface area contributed by atoms with E-state index >= 15 is 0 Å². The molecule has 0 radical (unpaired) electrons. The largest absolute Gasteiger partial charge is 0.504 e. The lowest BCUT2D eigenvalue weighted by Crippen LogP contribution is -2.42. The summed E-state index contributed by atoms with van der Waals surface area (Å²) in [6, 6.07) is 0. The van der Waals surface area contributed by atoms with Crippen molar-refractivity contribution < 1.29 is 50.6 Å². The van der Waals surface area contributed by atoms with E-state index in [0.717, 1.165) is 0 Å². The van der Waals surface area contributed by atoms with Gasteiger partial charge in [0.15, 0.2) is 5.78 Å². The monoisotopic (exact) mass is 362 g/mol. The molecular formula is C13H12F6O5. The minimum atomic E-state index is -5.48. The Hall–Kier alpha value is -2.07. The average Bonchev–Trinajstić information content (AvgIpc) is 2.44. The van der Waals surface area contributed by atoms with Gasteiger partial charge in [-0.25, -0.2) is 0 Å². The van der Waals surface area contributed by atoms with Crippen LogP contribution in [-0.4, -0.2) is 41.6 Å². The maximum Gasteiger partial charge on any atom is 0.450 e. The van der Waals surface area contributed by atoms with Crippen LogP contribution in [0.4, 0.5) is 26.3 Å². The Kier molecular flexibility index (Phi) is 5.67. The van der Waals surface area contributed by atoms with Crippen molar-refractivity contribution in [1.82, 2.24) is 0 Å². The summed E-state index contributed by atoms with van der Waals surface area (Å²) < 4.78 is 79.8. The fraction of sp³-hybridized carbons (Fsp3) is 0.615. The van der Waals surface area contributed by atoms with Gasteiger partial charge < -0.3 is 9.84 Å². The number of hydrogen-bond acceptors (Lipinski definition) is 5. The number of aliphatic hydroxyl groups excluding tert-OH is 1. The number of ether oxygens (including phenoxy) is 1. The van der Waals surface area contributed by atoms with Crippen molar-refractivity contribution in [2.24, 2.45) is 11.8 Å². The van der Waals surface area contributed by atoms with Gasteiger partial charge in [0.05, 0.1) is 18.4 Å². The molecule has 0 spiro atoms. The molecule has 0 aromatic carbocycles. The van der Waals surface area contributed by atoms with Gasteiger partial charge in [0, 0.05) is 5.57 Å². The van der Waals surface area contributed by atoms with Gasteiger partial charge >= 0.3 is 18.3 Å². The van der Waals surface area contributed by atoms with E-state index in [2.05, 4.69) is 4.74 Å². The van der Waals surface area contributed by atoms with Gasteiger partial charge in [-0.3, -0.25) is 14.4 Å². The average molecular weight is 362 g/mol. The lowest BCUT2D eigenvalue weighted by atomic mass is 9.75. The second-order valence-electron chi connectivity index (χ2n) is 4.99. The molecule has 1 saturated carbocycles. The van der Waals surface area contributed by atoms with Crippen molar-refractivity contribution in [2.45, 2.75) is 32.1 Å². The van der Waals surface area contributed by atoms with Crippen molar-refractivity contribution >= 4 is 17.5 Å². The lowest BCUT2D eigenvalue weighted by Gasteiger charge is -2.29. The van der Waals surface area contributed by atoms with Crippen LogP contribution >= 0.6 is 0 Å². The molecule has 1 rings (SSSR count). The summed E-state index contributed by atoms with van der Waals surface area (Å²) in [5.74, 6) is -12.1. The van der Waals surface area contributed by atoms with Gasteiger partial charge in [-0.05, 0) is 19.8 Å². The van der Waals surface area contributed by atoms with Crippen molar-refractivity contribution in [3.8, 4) is 0 Å². The van der Waals surface area contributed by atoms with E-state index in [9.17, 15) is 40.7 Å². The van der Waals surface area contributed by atoms with Crippen LogP contribution in [0.2, 0.25) is 0 Å². The van der Waals surface area contributed by atoms with E-state index < -0.39 is 65.9 Å². The highest BCUT2D eigenvalue weighted by molar-refractivity contribution is 6.13. The highest BCUT2D eigenvalue weighted by atomic mass is 19.4. The molecule has 0 aromatic rings. The second kappa shape index (κ2) is 6.81. The predicted molar refractivity (Wildman–Crippen MR) is 64.6 cm³/mol. The highest BCUT2D eigenvalue weighted by Gasteiger charge is 2.52. The third-order valence-corrected chi connectivity index (χ3v) is 3.35. The smallest absolute Gasteiger partial charge is 0.450 e. The maximum absolute atomic E-state index is 12.6. The number of Topliss-reactive ketones (excluding diaryl/α,β-unsaturated/α-hetero) is 2. The molecule has 1 N–H and O–H groups in total. The minimum absolute atomic E-state index is 0.203. The van der Waals surface area contributed by atoms with E-state index in [1.165, 1.54) is 6.92 Å². The number of carbonyl (C=O) groups excluding carboxylic acids is 3. The molecule has 0 aliphatic heterocycles. The topological polar surface area (TPSA) is 80.7 Å².